The molecule has 0 bridgehead atoms. The summed E-state index contributed by atoms with van der Waals surface area (Å²) < 4.78 is 31.8. The summed E-state index contributed by atoms with van der Waals surface area (Å²) in [5, 5.41) is 6.73. The summed E-state index contributed by atoms with van der Waals surface area (Å²) in [6.07, 6.45) is 2.27. The predicted molar refractivity (Wildman–Crippen MR) is 79.1 cm³/mol. The molecule has 0 fully saturated rings. The van der Waals surface area contributed by atoms with Crippen LogP contribution >= 0.6 is 0 Å². The number of rotatable bonds is 7. The van der Waals surface area contributed by atoms with Gasteiger partial charge in [0, 0.05) is 12.6 Å². The summed E-state index contributed by atoms with van der Waals surface area (Å²) in [5.41, 5.74) is 2.67. The number of aryl methyl sites for hydroxylation is 1. The van der Waals surface area contributed by atoms with Crippen molar-refractivity contribution in [3.63, 3.8) is 0 Å². The summed E-state index contributed by atoms with van der Waals surface area (Å²) >= 11 is 0. The van der Waals surface area contributed by atoms with Gasteiger partial charge in [-0.3, -0.25) is 0 Å². The van der Waals surface area contributed by atoms with Crippen LogP contribution in [0.3, 0.4) is 0 Å². The lowest BCUT2D eigenvalue weighted by Gasteiger charge is -2.11. The van der Waals surface area contributed by atoms with Crippen molar-refractivity contribution in [3.05, 3.63) is 47.3 Å². The molecule has 0 amide bonds. The maximum Gasteiger partial charge on any atom is 0.240 e. The lowest BCUT2D eigenvalue weighted by molar-refractivity contribution is 0.411. The SMILES string of the molecule is CCc1ccc(S(=O)(=O)NCc2ccon2)cc1CNC. The highest BCUT2D eigenvalue weighted by Crippen LogP contribution is 2.17. The van der Waals surface area contributed by atoms with Crippen LogP contribution in [0.15, 0.2) is 39.9 Å². The highest BCUT2D eigenvalue weighted by molar-refractivity contribution is 7.89. The molecule has 1 aromatic heterocycles. The summed E-state index contributed by atoms with van der Waals surface area (Å²) in [4.78, 5) is 0.258. The van der Waals surface area contributed by atoms with Gasteiger partial charge in [-0.2, -0.15) is 0 Å². The Morgan fingerprint density at radius 1 is 1.19 bits per heavy atom. The molecule has 0 spiro atoms. The Labute approximate surface area is 124 Å². The second kappa shape index (κ2) is 6.84. The van der Waals surface area contributed by atoms with E-state index in [0.29, 0.717) is 12.2 Å². The standard InChI is InChI=1S/C14H19N3O3S/c1-3-11-4-5-14(8-12(11)9-15-2)21(18,19)16-10-13-6-7-20-17-13/h4-8,15-16H,3,9-10H2,1-2H3. The quantitative estimate of drug-likeness (QED) is 0.808. The average Bonchev–Trinajstić information content (AvgIpc) is 2.99. The van der Waals surface area contributed by atoms with Gasteiger partial charge in [0.25, 0.3) is 0 Å². The van der Waals surface area contributed by atoms with Gasteiger partial charge in [-0.05, 0) is 36.7 Å². The van der Waals surface area contributed by atoms with Gasteiger partial charge in [-0.25, -0.2) is 13.1 Å². The minimum atomic E-state index is -3.56. The van der Waals surface area contributed by atoms with E-state index in [2.05, 4.69) is 19.7 Å². The lowest BCUT2D eigenvalue weighted by Crippen LogP contribution is -2.23. The van der Waals surface area contributed by atoms with Gasteiger partial charge in [0.1, 0.15) is 6.26 Å². The first-order valence-electron chi connectivity index (χ1n) is 6.72. The maximum absolute atomic E-state index is 12.3. The van der Waals surface area contributed by atoms with Crippen LogP contribution in [0, 0.1) is 0 Å². The lowest BCUT2D eigenvalue weighted by atomic mass is 10.1. The van der Waals surface area contributed by atoms with E-state index in [0.717, 1.165) is 17.5 Å². The minimum absolute atomic E-state index is 0.107. The summed E-state index contributed by atoms with van der Waals surface area (Å²) in [6, 6.07) is 6.82. The first kappa shape index (κ1) is 15.7. The van der Waals surface area contributed by atoms with Crippen LogP contribution in [0.25, 0.3) is 0 Å². The van der Waals surface area contributed by atoms with Crippen molar-refractivity contribution >= 4 is 10.0 Å². The Kier molecular flexibility index (Phi) is 5.11. The molecular formula is C14H19N3O3S. The van der Waals surface area contributed by atoms with Gasteiger partial charge in [-0.15, -0.1) is 0 Å². The number of aromatic nitrogens is 1. The smallest absolute Gasteiger partial charge is 0.240 e. The van der Waals surface area contributed by atoms with Gasteiger partial charge in [0.2, 0.25) is 10.0 Å². The summed E-state index contributed by atoms with van der Waals surface area (Å²) in [6.45, 7) is 2.79. The molecule has 21 heavy (non-hydrogen) atoms. The molecule has 0 radical (unpaired) electrons. The van der Waals surface area contributed by atoms with E-state index in [-0.39, 0.29) is 11.4 Å². The van der Waals surface area contributed by atoms with E-state index >= 15 is 0 Å². The number of hydrogen-bond donors (Lipinski definition) is 2. The third-order valence-electron chi connectivity index (χ3n) is 3.17. The molecule has 6 nitrogen and oxygen atoms in total. The predicted octanol–water partition coefficient (Wildman–Crippen LogP) is 1.43. The van der Waals surface area contributed by atoms with Crippen molar-refractivity contribution in [2.24, 2.45) is 0 Å². The van der Waals surface area contributed by atoms with Crippen molar-refractivity contribution < 1.29 is 12.9 Å². The van der Waals surface area contributed by atoms with Gasteiger partial charge in [-0.1, -0.05) is 18.1 Å². The Morgan fingerprint density at radius 3 is 2.62 bits per heavy atom. The molecule has 1 heterocycles. The van der Waals surface area contributed by atoms with Gasteiger partial charge in [0.05, 0.1) is 17.1 Å². The third-order valence-corrected chi connectivity index (χ3v) is 4.57. The van der Waals surface area contributed by atoms with Crippen molar-refractivity contribution in [2.75, 3.05) is 7.05 Å². The fourth-order valence-corrected chi connectivity index (χ4v) is 3.10. The molecule has 1 aromatic carbocycles. The molecule has 0 atom stereocenters. The highest BCUT2D eigenvalue weighted by atomic mass is 32.2. The summed E-state index contributed by atoms with van der Waals surface area (Å²) in [7, 11) is -1.72. The number of sulfonamides is 1. The van der Waals surface area contributed by atoms with Crippen LogP contribution in [0.1, 0.15) is 23.7 Å². The van der Waals surface area contributed by atoms with Gasteiger partial charge < -0.3 is 9.84 Å². The van der Waals surface area contributed by atoms with Crippen molar-refractivity contribution in [1.82, 2.24) is 15.2 Å². The van der Waals surface area contributed by atoms with E-state index in [1.165, 1.54) is 6.26 Å². The molecule has 2 aromatic rings. The molecule has 2 N–H and O–H groups in total. The zero-order valence-corrected chi connectivity index (χ0v) is 12.9. The topological polar surface area (TPSA) is 84.2 Å². The number of hydrogen-bond acceptors (Lipinski definition) is 5. The van der Waals surface area contributed by atoms with Gasteiger partial charge in [0.15, 0.2) is 0 Å². The van der Waals surface area contributed by atoms with Crippen molar-refractivity contribution in [2.45, 2.75) is 31.3 Å². The largest absolute Gasteiger partial charge is 0.364 e. The number of nitrogens with zero attached hydrogens (tertiary/aromatic N) is 1. The van der Waals surface area contributed by atoms with Crippen LogP contribution < -0.4 is 10.0 Å². The summed E-state index contributed by atoms with van der Waals surface area (Å²) in [5.74, 6) is 0. The Hall–Kier alpha value is -1.70. The third kappa shape index (κ3) is 3.90. The minimum Gasteiger partial charge on any atom is -0.364 e. The van der Waals surface area contributed by atoms with Crippen LogP contribution in [-0.2, 0) is 29.5 Å². The van der Waals surface area contributed by atoms with E-state index < -0.39 is 10.0 Å². The number of nitrogens with one attached hydrogen (secondary N) is 2. The normalized spacial score (nSPS) is 11.7. The van der Waals surface area contributed by atoms with Crippen LogP contribution in [-0.4, -0.2) is 20.6 Å². The first-order valence-corrected chi connectivity index (χ1v) is 8.20. The molecule has 0 saturated carbocycles. The molecule has 0 aliphatic rings. The highest BCUT2D eigenvalue weighted by Gasteiger charge is 2.16. The molecule has 2 rings (SSSR count). The van der Waals surface area contributed by atoms with Crippen molar-refractivity contribution in [3.8, 4) is 0 Å². The molecule has 0 aliphatic heterocycles. The fraction of sp³-hybridized carbons (Fsp3) is 0.357. The van der Waals surface area contributed by atoms with E-state index in [1.54, 1.807) is 18.2 Å². The second-order valence-corrected chi connectivity index (χ2v) is 6.40. The molecule has 0 saturated heterocycles. The maximum atomic E-state index is 12.3. The zero-order valence-electron chi connectivity index (χ0n) is 12.1. The van der Waals surface area contributed by atoms with Crippen molar-refractivity contribution in [1.29, 1.82) is 0 Å². The van der Waals surface area contributed by atoms with Crippen LogP contribution in [0.4, 0.5) is 0 Å². The fourth-order valence-electron chi connectivity index (χ4n) is 2.05. The number of benzene rings is 1. The molecular weight excluding hydrogens is 290 g/mol. The molecule has 0 aliphatic carbocycles. The molecule has 7 heteroatoms. The first-order chi connectivity index (χ1) is 10.1. The van der Waals surface area contributed by atoms with E-state index in [9.17, 15) is 8.42 Å². The van der Waals surface area contributed by atoms with E-state index in [1.807, 2.05) is 20.0 Å². The monoisotopic (exact) mass is 309 g/mol. The van der Waals surface area contributed by atoms with E-state index in [4.69, 9.17) is 0 Å². The Morgan fingerprint density at radius 2 is 2.00 bits per heavy atom. The average molecular weight is 309 g/mol. The van der Waals surface area contributed by atoms with Gasteiger partial charge >= 0.3 is 0 Å². The molecule has 0 unspecified atom stereocenters. The molecule has 114 valence electrons. The Bertz CT molecular complexity index is 681. The Balaban J connectivity index is 2.20. The second-order valence-electron chi connectivity index (χ2n) is 4.63. The van der Waals surface area contributed by atoms with Crippen LogP contribution in [0.5, 0.6) is 0 Å². The van der Waals surface area contributed by atoms with Crippen LogP contribution in [0.2, 0.25) is 0 Å². The zero-order chi connectivity index (χ0) is 15.3.